The van der Waals surface area contributed by atoms with Crippen molar-refractivity contribution in [2.45, 2.75) is 13.0 Å². The number of aryl methyl sites for hydroxylation is 1. The molecule has 1 aliphatic heterocycles. The van der Waals surface area contributed by atoms with E-state index in [4.69, 9.17) is 39.5 Å². The third-order valence-electron chi connectivity index (χ3n) is 4.32. The summed E-state index contributed by atoms with van der Waals surface area (Å²) >= 11 is 18.0. The average molecular weight is 451 g/mol. The Labute approximate surface area is 181 Å². The zero-order chi connectivity index (χ0) is 20.5. The molecule has 3 aromatic rings. The van der Waals surface area contributed by atoms with Gasteiger partial charge in [0.2, 0.25) is 16.5 Å². The Morgan fingerprint density at radius 2 is 1.83 bits per heavy atom. The number of benzene rings is 2. The molecule has 0 radical (unpaired) electrons. The first-order valence-electron chi connectivity index (χ1n) is 8.58. The molecule has 7 nitrogen and oxygen atoms in total. The summed E-state index contributed by atoms with van der Waals surface area (Å²) in [7, 11) is 0. The smallest absolute Gasteiger partial charge is 0.267 e. The number of nitrogens with zero attached hydrogens (tertiary/aromatic N) is 4. The van der Waals surface area contributed by atoms with Crippen LogP contribution in [0.1, 0.15) is 5.56 Å². The molecular weight excluding hydrogens is 437 g/mol. The number of aromatic nitrogens is 3. The molecule has 0 fully saturated rings. The molecule has 29 heavy (non-hydrogen) atoms. The minimum Gasteiger partial charge on any atom is -0.476 e. The summed E-state index contributed by atoms with van der Waals surface area (Å²) in [6.45, 7) is 2.04. The van der Waals surface area contributed by atoms with E-state index >= 15 is 0 Å². The van der Waals surface area contributed by atoms with Gasteiger partial charge in [-0.1, -0.05) is 29.8 Å². The standard InChI is InChI=1S/C19H14Cl3N5O2/c1-10-6-7-11(8-12(10)20)23-16(28)15-9-27(13-4-2-3-5-14(13)29-15)19-25-17(21)24-18(22)26-19/h2-8,15H,9H2,1H3,(H,23,28). The van der Waals surface area contributed by atoms with Crippen molar-refractivity contribution >= 4 is 58.0 Å². The lowest BCUT2D eigenvalue weighted by atomic mass is 10.1. The molecule has 148 valence electrons. The normalized spacial score (nSPS) is 15.4. The Morgan fingerprint density at radius 1 is 1.10 bits per heavy atom. The van der Waals surface area contributed by atoms with Crippen LogP contribution in [0.2, 0.25) is 15.6 Å². The van der Waals surface area contributed by atoms with Crippen molar-refractivity contribution in [3.8, 4) is 5.75 Å². The molecule has 1 aliphatic rings. The fourth-order valence-electron chi connectivity index (χ4n) is 2.89. The van der Waals surface area contributed by atoms with E-state index in [2.05, 4.69) is 20.3 Å². The quantitative estimate of drug-likeness (QED) is 0.624. The Balaban J connectivity index is 1.64. The van der Waals surface area contributed by atoms with Gasteiger partial charge in [0.25, 0.3) is 5.91 Å². The van der Waals surface area contributed by atoms with Gasteiger partial charge in [-0.15, -0.1) is 0 Å². The van der Waals surface area contributed by atoms with Crippen molar-refractivity contribution in [1.82, 2.24) is 15.0 Å². The highest BCUT2D eigenvalue weighted by atomic mass is 35.5. The highest BCUT2D eigenvalue weighted by molar-refractivity contribution is 6.31. The molecule has 0 saturated heterocycles. The highest BCUT2D eigenvalue weighted by Gasteiger charge is 2.33. The number of amides is 1. The van der Waals surface area contributed by atoms with Crippen LogP contribution in [0.25, 0.3) is 0 Å². The molecule has 0 bridgehead atoms. The molecule has 0 saturated carbocycles. The average Bonchev–Trinajstić information content (AvgIpc) is 2.69. The molecule has 1 unspecified atom stereocenters. The van der Waals surface area contributed by atoms with Gasteiger partial charge in [0.1, 0.15) is 5.75 Å². The number of hydrogen-bond donors (Lipinski definition) is 1. The lowest BCUT2D eigenvalue weighted by Crippen LogP contribution is -2.45. The number of fused-ring (bicyclic) bond motifs is 1. The highest BCUT2D eigenvalue weighted by Crippen LogP contribution is 2.37. The number of rotatable bonds is 3. The van der Waals surface area contributed by atoms with Crippen LogP contribution >= 0.6 is 34.8 Å². The Morgan fingerprint density at radius 3 is 2.55 bits per heavy atom. The fourth-order valence-corrected chi connectivity index (χ4v) is 3.43. The molecule has 1 aromatic heterocycles. The van der Waals surface area contributed by atoms with Crippen molar-refractivity contribution in [2.24, 2.45) is 0 Å². The van der Waals surface area contributed by atoms with Gasteiger partial charge in [-0.2, -0.15) is 15.0 Å². The third kappa shape index (κ3) is 4.22. The lowest BCUT2D eigenvalue weighted by Gasteiger charge is -2.34. The first kappa shape index (κ1) is 19.7. The monoisotopic (exact) mass is 449 g/mol. The van der Waals surface area contributed by atoms with Gasteiger partial charge >= 0.3 is 0 Å². The van der Waals surface area contributed by atoms with E-state index in [-0.39, 0.29) is 29.0 Å². The van der Waals surface area contributed by atoms with Crippen LogP contribution < -0.4 is 15.0 Å². The van der Waals surface area contributed by atoms with E-state index in [1.165, 1.54) is 0 Å². The van der Waals surface area contributed by atoms with E-state index in [1.807, 2.05) is 31.2 Å². The summed E-state index contributed by atoms with van der Waals surface area (Å²) in [5, 5.41) is 3.30. The fraction of sp³-hybridized carbons (Fsp3) is 0.158. The Bertz CT molecular complexity index is 1070. The Kier molecular flexibility index (Phi) is 5.45. The number of para-hydroxylation sites is 2. The van der Waals surface area contributed by atoms with Crippen molar-refractivity contribution in [3.05, 3.63) is 63.6 Å². The van der Waals surface area contributed by atoms with E-state index in [1.54, 1.807) is 23.1 Å². The number of carbonyl (C=O) groups is 1. The maximum atomic E-state index is 12.9. The first-order valence-corrected chi connectivity index (χ1v) is 9.71. The lowest BCUT2D eigenvalue weighted by molar-refractivity contribution is -0.122. The topological polar surface area (TPSA) is 80.2 Å². The first-order chi connectivity index (χ1) is 13.9. The predicted octanol–water partition coefficient (Wildman–Crippen LogP) is 4.68. The summed E-state index contributed by atoms with van der Waals surface area (Å²) in [6, 6.07) is 12.5. The number of carbonyl (C=O) groups excluding carboxylic acids is 1. The molecular formula is C19H14Cl3N5O2. The van der Waals surface area contributed by atoms with E-state index in [9.17, 15) is 4.79 Å². The number of ether oxygens (including phenoxy) is 1. The molecule has 0 aliphatic carbocycles. The van der Waals surface area contributed by atoms with Gasteiger partial charge in [0, 0.05) is 10.7 Å². The predicted molar refractivity (Wildman–Crippen MR) is 113 cm³/mol. The van der Waals surface area contributed by atoms with Crippen molar-refractivity contribution in [3.63, 3.8) is 0 Å². The van der Waals surface area contributed by atoms with Crippen molar-refractivity contribution in [1.29, 1.82) is 0 Å². The van der Waals surface area contributed by atoms with Crippen molar-refractivity contribution in [2.75, 3.05) is 16.8 Å². The van der Waals surface area contributed by atoms with Gasteiger partial charge < -0.3 is 15.0 Å². The van der Waals surface area contributed by atoms with Crippen LogP contribution in [-0.2, 0) is 4.79 Å². The van der Waals surface area contributed by atoms with Crippen LogP contribution in [0.4, 0.5) is 17.3 Å². The molecule has 2 heterocycles. The molecule has 4 rings (SSSR count). The number of halogens is 3. The molecule has 1 atom stereocenters. The molecule has 1 amide bonds. The van der Waals surface area contributed by atoms with Crippen molar-refractivity contribution < 1.29 is 9.53 Å². The third-order valence-corrected chi connectivity index (χ3v) is 5.06. The van der Waals surface area contributed by atoms with Crippen LogP contribution in [0, 0.1) is 6.92 Å². The van der Waals surface area contributed by atoms with Crippen LogP contribution in [0.15, 0.2) is 42.5 Å². The zero-order valence-corrected chi connectivity index (χ0v) is 17.3. The summed E-state index contributed by atoms with van der Waals surface area (Å²) in [5.41, 5.74) is 2.18. The molecule has 2 aromatic carbocycles. The number of nitrogens with one attached hydrogen (secondary N) is 1. The molecule has 1 N–H and O–H groups in total. The van der Waals surface area contributed by atoms with Crippen LogP contribution in [0.5, 0.6) is 5.75 Å². The zero-order valence-electron chi connectivity index (χ0n) is 15.1. The van der Waals surface area contributed by atoms with E-state index < -0.39 is 6.10 Å². The largest absolute Gasteiger partial charge is 0.476 e. The summed E-state index contributed by atoms with van der Waals surface area (Å²) < 4.78 is 5.91. The summed E-state index contributed by atoms with van der Waals surface area (Å²) in [6.07, 6.45) is -0.834. The summed E-state index contributed by atoms with van der Waals surface area (Å²) in [4.78, 5) is 26.6. The molecule has 10 heteroatoms. The van der Waals surface area contributed by atoms with E-state index in [0.29, 0.717) is 22.1 Å². The number of hydrogen-bond acceptors (Lipinski definition) is 6. The minimum absolute atomic E-state index is 0.0423. The second-order valence-corrected chi connectivity index (χ2v) is 7.39. The molecule has 0 spiro atoms. The maximum absolute atomic E-state index is 12.9. The second-order valence-electron chi connectivity index (χ2n) is 6.31. The van der Waals surface area contributed by atoms with Gasteiger partial charge in [-0.05, 0) is 60.0 Å². The second kappa shape index (κ2) is 8.02. The minimum atomic E-state index is -0.834. The van der Waals surface area contributed by atoms with Gasteiger partial charge in [-0.25, -0.2) is 0 Å². The van der Waals surface area contributed by atoms with Gasteiger partial charge in [-0.3, -0.25) is 4.79 Å². The number of anilines is 3. The van der Waals surface area contributed by atoms with E-state index in [0.717, 1.165) is 5.56 Å². The van der Waals surface area contributed by atoms with Crippen LogP contribution in [0.3, 0.4) is 0 Å². The maximum Gasteiger partial charge on any atom is 0.267 e. The summed E-state index contributed by atoms with van der Waals surface area (Å²) in [5.74, 6) is 0.395. The van der Waals surface area contributed by atoms with Gasteiger partial charge in [0.15, 0.2) is 6.10 Å². The SMILES string of the molecule is Cc1ccc(NC(=O)C2CN(c3nc(Cl)nc(Cl)n3)c3ccccc3O2)cc1Cl. The van der Waals surface area contributed by atoms with Gasteiger partial charge in [0.05, 0.1) is 12.2 Å². The van der Waals surface area contributed by atoms with Crippen LogP contribution in [-0.4, -0.2) is 33.5 Å². The Hall–Kier alpha value is -2.61.